The topological polar surface area (TPSA) is 44.0 Å². The smallest absolute Gasteiger partial charge is 0.197 e. The van der Waals surface area contributed by atoms with E-state index in [9.17, 15) is 9.59 Å². The van der Waals surface area contributed by atoms with Gasteiger partial charge in [0.15, 0.2) is 10.9 Å². The standard InChI is InChI=1S/C22H16N2O2.2C2H6.CH4/c1-23-17-9-5-3-7-13(17)21(25)15-12-20-16(11-19(15)23)22(26)14-8-4-6-10-18(14)24(20)2;2*1-2;/h3-12H,1-2H3;2*1-2H3;1H4. The summed E-state index contributed by atoms with van der Waals surface area (Å²) in [5, 5.41) is 2.63. The largest absolute Gasteiger partial charge is 0.343 e. The fraction of sp³-hybridized carbons (Fsp3) is 0.259. The summed E-state index contributed by atoms with van der Waals surface area (Å²) in [6, 6.07) is 18.8. The summed E-state index contributed by atoms with van der Waals surface area (Å²) in [5.74, 6) is 0. The third-order valence-corrected chi connectivity index (χ3v) is 5.35. The molecule has 5 rings (SSSR count). The maximum Gasteiger partial charge on any atom is 0.197 e. The highest BCUT2D eigenvalue weighted by atomic mass is 16.1. The van der Waals surface area contributed by atoms with E-state index in [0.29, 0.717) is 21.5 Å². The van der Waals surface area contributed by atoms with Crippen molar-refractivity contribution in [3.8, 4) is 0 Å². The van der Waals surface area contributed by atoms with E-state index in [2.05, 4.69) is 0 Å². The molecule has 0 spiro atoms. The number of hydrogen-bond acceptors (Lipinski definition) is 2. The molecule has 0 aliphatic carbocycles. The van der Waals surface area contributed by atoms with Gasteiger partial charge in [0.1, 0.15) is 0 Å². The molecule has 0 saturated heterocycles. The molecule has 0 radical (unpaired) electrons. The van der Waals surface area contributed by atoms with E-state index in [1.807, 2.05) is 112 Å². The molecule has 0 aliphatic heterocycles. The lowest BCUT2D eigenvalue weighted by Gasteiger charge is -2.14. The molecule has 0 N–H and O–H groups in total. The molecule has 0 atom stereocenters. The zero-order valence-electron chi connectivity index (χ0n) is 18.5. The predicted octanol–water partition coefficient (Wildman–Crippen LogP) is 6.39. The Morgan fingerprint density at radius 2 is 0.839 bits per heavy atom. The highest BCUT2D eigenvalue weighted by Crippen LogP contribution is 2.24. The highest BCUT2D eigenvalue weighted by molar-refractivity contribution is 6.03. The van der Waals surface area contributed by atoms with Gasteiger partial charge in [-0.25, -0.2) is 0 Å². The van der Waals surface area contributed by atoms with Crippen LogP contribution in [0.5, 0.6) is 0 Å². The van der Waals surface area contributed by atoms with Crippen LogP contribution in [0.1, 0.15) is 35.1 Å². The van der Waals surface area contributed by atoms with Crippen molar-refractivity contribution < 1.29 is 0 Å². The van der Waals surface area contributed by atoms with Gasteiger partial charge in [-0.1, -0.05) is 59.4 Å². The van der Waals surface area contributed by atoms with Crippen molar-refractivity contribution >= 4 is 43.6 Å². The number of aryl methyl sites for hydroxylation is 2. The normalized spacial score (nSPS) is 10.3. The quantitative estimate of drug-likeness (QED) is 0.275. The van der Waals surface area contributed by atoms with E-state index in [0.717, 1.165) is 22.1 Å². The predicted molar refractivity (Wildman–Crippen MR) is 136 cm³/mol. The Hall–Kier alpha value is -3.40. The summed E-state index contributed by atoms with van der Waals surface area (Å²) in [5.41, 5.74) is 3.26. The Kier molecular flexibility index (Phi) is 7.40. The van der Waals surface area contributed by atoms with E-state index < -0.39 is 0 Å². The van der Waals surface area contributed by atoms with E-state index in [1.54, 1.807) is 0 Å². The first-order valence-corrected chi connectivity index (χ1v) is 10.5. The van der Waals surface area contributed by atoms with Crippen molar-refractivity contribution in [3.63, 3.8) is 0 Å². The molecule has 0 bridgehead atoms. The van der Waals surface area contributed by atoms with Gasteiger partial charge in [0, 0.05) is 35.6 Å². The lowest BCUT2D eigenvalue weighted by atomic mass is 10.0. The minimum Gasteiger partial charge on any atom is -0.343 e. The van der Waals surface area contributed by atoms with Gasteiger partial charge in [-0.15, -0.1) is 0 Å². The Morgan fingerprint density at radius 3 is 1.19 bits per heavy atom. The van der Waals surface area contributed by atoms with Crippen molar-refractivity contribution in [2.45, 2.75) is 35.1 Å². The second kappa shape index (κ2) is 9.61. The van der Waals surface area contributed by atoms with Gasteiger partial charge in [0.2, 0.25) is 0 Å². The van der Waals surface area contributed by atoms with Crippen molar-refractivity contribution in [1.82, 2.24) is 9.13 Å². The first-order valence-electron chi connectivity index (χ1n) is 10.5. The average molecular weight is 417 g/mol. The van der Waals surface area contributed by atoms with Crippen LogP contribution < -0.4 is 10.9 Å². The van der Waals surface area contributed by atoms with Crippen molar-refractivity contribution in [2.24, 2.45) is 14.1 Å². The Bertz CT molecular complexity index is 1380. The first-order chi connectivity index (χ1) is 14.6. The van der Waals surface area contributed by atoms with Crippen LogP contribution in [0.25, 0.3) is 43.6 Å². The molecule has 0 amide bonds. The van der Waals surface area contributed by atoms with Crippen LogP contribution in [0.4, 0.5) is 0 Å². The molecule has 4 nitrogen and oxygen atoms in total. The number of hydrogen-bond donors (Lipinski definition) is 0. The Balaban J connectivity index is 0.000000647. The van der Waals surface area contributed by atoms with Crippen LogP contribution in [0.2, 0.25) is 0 Å². The van der Waals surface area contributed by atoms with Crippen LogP contribution >= 0.6 is 0 Å². The van der Waals surface area contributed by atoms with Crippen molar-refractivity contribution in [2.75, 3.05) is 0 Å². The minimum absolute atomic E-state index is 0. The van der Waals surface area contributed by atoms with E-state index in [1.165, 1.54) is 0 Å². The summed E-state index contributed by atoms with van der Waals surface area (Å²) >= 11 is 0. The number of para-hydroxylation sites is 2. The van der Waals surface area contributed by atoms with Crippen molar-refractivity contribution in [1.29, 1.82) is 0 Å². The van der Waals surface area contributed by atoms with Crippen LogP contribution in [0.15, 0.2) is 70.3 Å². The number of rotatable bonds is 0. The first kappa shape index (κ1) is 23.9. The second-order valence-electron chi connectivity index (χ2n) is 6.70. The van der Waals surface area contributed by atoms with Crippen LogP contribution in [0, 0.1) is 0 Å². The van der Waals surface area contributed by atoms with Gasteiger partial charge in [-0.2, -0.15) is 0 Å². The maximum absolute atomic E-state index is 13.0. The molecule has 0 saturated carbocycles. The Morgan fingerprint density at radius 1 is 0.516 bits per heavy atom. The highest BCUT2D eigenvalue weighted by Gasteiger charge is 2.14. The second-order valence-corrected chi connectivity index (χ2v) is 6.70. The lowest BCUT2D eigenvalue weighted by molar-refractivity contribution is 0.994. The van der Waals surface area contributed by atoms with Gasteiger partial charge < -0.3 is 9.13 Å². The zero-order valence-corrected chi connectivity index (χ0v) is 18.5. The molecule has 5 aromatic rings. The summed E-state index contributed by atoms with van der Waals surface area (Å²) < 4.78 is 3.97. The molecular formula is C27H32N2O2. The minimum atomic E-state index is -0.00351. The number of benzene rings is 3. The fourth-order valence-corrected chi connectivity index (χ4v) is 3.96. The van der Waals surface area contributed by atoms with Gasteiger partial charge in [-0.3, -0.25) is 9.59 Å². The van der Waals surface area contributed by atoms with E-state index in [4.69, 9.17) is 0 Å². The molecule has 0 fully saturated rings. The molecule has 3 aromatic carbocycles. The van der Waals surface area contributed by atoms with Crippen LogP contribution in [-0.2, 0) is 14.1 Å². The SMILES string of the molecule is C.CC.CC.Cn1c2ccccc2c(=O)c2cc3c(cc21)c(=O)c1ccccc1n3C. The van der Waals surface area contributed by atoms with Gasteiger partial charge in [0.25, 0.3) is 0 Å². The van der Waals surface area contributed by atoms with Crippen LogP contribution in [0.3, 0.4) is 0 Å². The average Bonchev–Trinajstić information content (AvgIpc) is 2.83. The van der Waals surface area contributed by atoms with E-state index in [-0.39, 0.29) is 18.3 Å². The number of fused-ring (bicyclic) bond motifs is 4. The zero-order chi connectivity index (χ0) is 22.0. The summed E-state index contributed by atoms with van der Waals surface area (Å²) in [7, 11) is 3.86. The Labute approximate surface area is 183 Å². The molecule has 2 heterocycles. The lowest BCUT2D eigenvalue weighted by Crippen LogP contribution is -2.13. The number of nitrogens with zero attached hydrogens (tertiary/aromatic N) is 2. The number of aromatic nitrogens is 2. The number of pyridine rings is 2. The van der Waals surface area contributed by atoms with Gasteiger partial charge in [-0.05, 0) is 36.4 Å². The van der Waals surface area contributed by atoms with Gasteiger partial charge >= 0.3 is 0 Å². The maximum atomic E-state index is 13.0. The molecule has 162 valence electrons. The molecule has 2 aromatic heterocycles. The monoisotopic (exact) mass is 416 g/mol. The van der Waals surface area contributed by atoms with Gasteiger partial charge in [0.05, 0.1) is 22.1 Å². The third-order valence-electron chi connectivity index (χ3n) is 5.35. The summed E-state index contributed by atoms with van der Waals surface area (Å²) in [6.45, 7) is 8.00. The summed E-state index contributed by atoms with van der Waals surface area (Å²) in [4.78, 5) is 26.1. The molecular weight excluding hydrogens is 384 g/mol. The molecule has 0 aliphatic rings. The molecule has 4 heteroatoms. The molecule has 0 unspecified atom stereocenters. The summed E-state index contributed by atoms with van der Waals surface area (Å²) in [6.07, 6.45) is 0. The van der Waals surface area contributed by atoms with E-state index >= 15 is 0 Å². The van der Waals surface area contributed by atoms with Crippen molar-refractivity contribution in [3.05, 3.63) is 81.1 Å². The van der Waals surface area contributed by atoms with Crippen LogP contribution in [-0.4, -0.2) is 9.13 Å². The third kappa shape index (κ3) is 3.63. The fourth-order valence-electron chi connectivity index (χ4n) is 3.96. The molecule has 31 heavy (non-hydrogen) atoms.